The second-order valence-electron chi connectivity index (χ2n) is 4.28. The van der Waals surface area contributed by atoms with Crippen LogP contribution in [0.15, 0.2) is 36.5 Å². The topological polar surface area (TPSA) is 48.3 Å². The smallest absolute Gasteiger partial charge is 0.337 e. The SMILES string of the molecule is COC(=O)c1cccc(-n2ccc(C(C)=O)c2C)c1. The molecule has 0 saturated heterocycles. The summed E-state index contributed by atoms with van der Waals surface area (Å²) in [6.07, 6.45) is 1.82. The highest BCUT2D eigenvalue weighted by atomic mass is 16.5. The second-order valence-corrected chi connectivity index (χ2v) is 4.28. The minimum Gasteiger partial charge on any atom is -0.465 e. The first-order valence-corrected chi connectivity index (χ1v) is 5.92. The molecule has 2 rings (SSSR count). The molecule has 0 atom stereocenters. The van der Waals surface area contributed by atoms with Crippen molar-refractivity contribution in [2.75, 3.05) is 7.11 Å². The van der Waals surface area contributed by atoms with E-state index in [2.05, 4.69) is 0 Å². The Kier molecular flexibility index (Phi) is 3.51. The summed E-state index contributed by atoms with van der Waals surface area (Å²) in [5.74, 6) is -0.348. The summed E-state index contributed by atoms with van der Waals surface area (Å²) in [6, 6.07) is 8.88. The highest BCUT2D eigenvalue weighted by molar-refractivity contribution is 5.95. The Balaban J connectivity index is 2.48. The predicted octanol–water partition coefficient (Wildman–Crippen LogP) is 2.77. The number of benzene rings is 1. The third-order valence-corrected chi connectivity index (χ3v) is 3.07. The summed E-state index contributed by atoms with van der Waals surface area (Å²) in [5.41, 5.74) is 2.85. The van der Waals surface area contributed by atoms with Gasteiger partial charge in [0, 0.05) is 23.1 Å². The first-order chi connectivity index (χ1) is 9.04. The Labute approximate surface area is 111 Å². The quantitative estimate of drug-likeness (QED) is 0.627. The molecule has 4 nitrogen and oxygen atoms in total. The number of hydrogen-bond donors (Lipinski definition) is 0. The van der Waals surface area contributed by atoms with Gasteiger partial charge in [-0.25, -0.2) is 4.79 Å². The zero-order chi connectivity index (χ0) is 14.0. The monoisotopic (exact) mass is 257 g/mol. The van der Waals surface area contributed by atoms with Crippen LogP contribution in [0.5, 0.6) is 0 Å². The molecule has 0 amide bonds. The number of rotatable bonds is 3. The van der Waals surface area contributed by atoms with E-state index in [1.165, 1.54) is 14.0 Å². The van der Waals surface area contributed by atoms with Crippen molar-refractivity contribution >= 4 is 11.8 Å². The van der Waals surface area contributed by atoms with E-state index in [4.69, 9.17) is 4.74 Å². The highest BCUT2D eigenvalue weighted by Crippen LogP contribution is 2.18. The fourth-order valence-corrected chi connectivity index (χ4v) is 2.06. The number of esters is 1. The molecule has 98 valence electrons. The van der Waals surface area contributed by atoms with Crippen LogP contribution in [0, 0.1) is 6.92 Å². The molecule has 0 unspecified atom stereocenters. The van der Waals surface area contributed by atoms with Gasteiger partial charge in [0.1, 0.15) is 0 Å². The summed E-state index contributed by atoms with van der Waals surface area (Å²) in [5, 5.41) is 0. The van der Waals surface area contributed by atoms with Gasteiger partial charge in [-0.3, -0.25) is 4.79 Å². The van der Waals surface area contributed by atoms with Crippen molar-refractivity contribution in [2.24, 2.45) is 0 Å². The van der Waals surface area contributed by atoms with E-state index in [9.17, 15) is 9.59 Å². The molecule has 0 radical (unpaired) electrons. The van der Waals surface area contributed by atoms with E-state index in [1.54, 1.807) is 24.3 Å². The van der Waals surface area contributed by atoms with E-state index in [0.717, 1.165) is 11.4 Å². The Morgan fingerprint density at radius 3 is 2.53 bits per heavy atom. The standard InChI is InChI=1S/C15H15NO3/c1-10-14(11(2)17)7-8-16(10)13-6-4-5-12(9-13)15(18)19-3/h4-9H,1-3H3. The summed E-state index contributed by atoms with van der Waals surface area (Å²) in [7, 11) is 1.35. The number of methoxy groups -OCH3 is 1. The molecule has 1 aromatic heterocycles. The van der Waals surface area contributed by atoms with Crippen LogP contribution in [0.25, 0.3) is 5.69 Å². The molecule has 0 aliphatic heterocycles. The average Bonchev–Trinajstić information content (AvgIpc) is 2.80. The summed E-state index contributed by atoms with van der Waals surface area (Å²) < 4.78 is 6.58. The molecule has 19 heavy (non-hydrogen) atoms. The van der Waals surface area contributed by atoms with Gasteiger partial charge in [0.25, 0.3) is 0 Å². The van der Waals surface area contributed by atoms with E-state index in [-0.39, 0.29) is 11.8 Å². The van der Waals surface area contributed by atoms with Gasteiger partial charge in [0.05, 0.1) is 12.7 Å². The van der Waals surface area contributed by atoms with Crippen molar-refractivity contribution in [1.82, 2.24) is 4.57 Å². The number of aromatic nitrogens is 1. The molecule has 0 bridgehead atoms. The fraction of sp³-hybridized carbons (Fsp3) is 0.200. The minimum atomic E-state index is -0.376. The fourth-order valence-electron chi connectivity index (χ4n) is 2.06. The van der Waals surface area contributed by atoms with E-state index < -0.39 is 0 Å². The number of hydrogen-bond acceptors (Lipinski definition) is 3. The van der Waals surface area contributed by atoms with Gasteiger partial charge in [-0.2, -0.15) is 0 Å². The first-order valence-electron chi connectivity index (χ1n) is 5.92. The van der Waals surface area contributed by atoms with Crippen molar-refractivity contribution in [1.29, 1.82) is 0 Å². The average molecular weight is 257 g/mol. The molecule has 1 aromatic carbocycles. The largest absolute Gasteiger partial charge is 0.465 e. The van der Waals surface area contributed by atoms with Crippen LogP contribution in [0.4, 0.5) is 0 Å². The number of carbonyl (C=O) groups is 2. The summed E-state index contributed by atoms with van der Waals surface area (Å²) >= 11 is 0. The Morgan fingerprint density at radius 2 is 1.95 bits per heavy atom. The highest BCUT2D eigenvalue weighted by Gasteiger charge is 2.11. The van der Waals surface area contributed by atoms with Gasteiger partial charge >= 0.3 is 5.97 Å². The molecule has 0 N–H and O–H groups in total. The molecule has 0 spiro atoms. The zero-order valence-electron chi connectivity index (χ0n) is 11.1. The number of ether oxygens (including phenoxy) is 1. The van der Waals surface area contributed by atoms with Crippen LogP contribution in [0.1, 0.15) is 33.3 Å². The number of Topliss-reactive ketones (excluding diaryl/α,β-unsaturated/α-hetero) is 1. The van der Waals surface area contributed by atoms with Gasteiger partial charge in [-0.05, 0) is 38.1 Å². The lowest BCUT2D eigenvalue weighted by Gasteiger charge is -2.08. The predicted molar refractivity (Wildman–Crippen MR) is 71.9 cm³/mol. The van der Waals surface area contributed by atoms with Gasteiger partial charge in [0.2, 0.25) is 0 Å². The maximum absolute atomic E-state index is 11.5. The van der Waals surface area contributed by atoms with Crippen LogP contribution in [0.2, 0.25) is 0 Å². The summed E-state index contributed by atoms with van der Waals surface area (Å²) in [6.45, 7) is 3.42. The van der Waals surface area contributed by atoms with E-state index in [0.29, 0.717) is 11.1 Å². The Morgan fingerprint density at radius 1 is 1.21 bits per heavy atom. The van der Waals surface area contributed by atoms with Crippen LogP contribution >= 0.6 is 0 Å². The Hall–Kier alpha value is -2.36. The molecule has 0 fully saturated rings. The number of nitrogens with zero attached hydrogens (tertiary/aromatic N) is 1. The lowest BCUT2D eigenvalue weighted by atomic mass is 10.1. The second kappa shape index (κ2) is 5.10. The zero-order valence-corrected chi connectivity index (χ0v) is 11.1. The minimum absolute atomic E-state index is 0.0281. The van der Waals surface area contributed by atoms with Gasteiger partial charge < -0.3 is 9.30 Å². The van der Waals surface area contributed by atoms with Crippen LogP contribution in [-0.2, 0) is 4.74 Å². The molecule has 1 heterocycles. The third kappa shape index (κ3) is 2.42. The Bertz CT molecular complexity index is 641. The number of ketones is 1. The van der Waals surface area contributed by atoms with Crippen molar-refractivity contribution in [3.63, 3.8) is 0 Å². The molecule has 2 aromatic rings. The molecule has 0 aliphatic rings. The normalized spacial score (nSPS) is 10.3. The number of carbonyl (C=O) groups excluding carboxylic acids is 2. The van der Waals surface area contributed by atoms with E-state index >= 15 is 0 Å². The van der Waals surface area contributed by atoms with Crippen molar-refractivity contribution in [3.8, 4) is 5.69 Å². The maximum Gasteiger partial charge on any atom is 0.337 e. The molecular formula is C15H15NO3. The van der Waals surface area contributed by atoms with Crippen molar-refractivity contribution in [3.05, 3.63) is 53.3 Å². The lowest BCUT2D eigenvalue weighted by molar-refractivity contribution is 0.0600. The van der Waals surface area contributed by atoms with Crippen molar-refractivity contribution in [2.45, 2.75) is 13.8 Å². The lowest BCUT2D eigenvalue weighted by Crippen LogP contribution is -2.04. The van der Waals surface area contributed by atoms with Gasteiger partial charge in [-0.1, -0.05) is 6.07 Å². The molecule has 4 heteroatoms. The van der Waals surface area contributed by atoms with E-state index in [1.807, 2.05) is 23.8 Å². The van der Waals surface area contributed by atoms with Crippen LogP contribution in [-0.4, -0.2) is 23.4 Å². The maximum atomic E-state index is 11.5. The first kappa shape index (κ1) is 13.1. The molecule has 0 aliphatic carbocycles. The van der Waals surface area contributed by atoms with Crippen molar-refractivity contribution < 1.29 is 14.3 Å². The summed E-state index contributed by atoms with van der Waals surface area (Å²) in [4.78, 5) is 23.0. The molecular weight excluding hydrogens is 242 g/mol. The van der Waals surface area contributed by atoms with Gasteiger partial charge in [-0.15, -0.1) is 0 Å². The van der Waals surface area contributed by atoms with Crippen LogP contribution in [0.3, 0.4) is 0 Å². The third-order valence-electron chi connectivity index (χ3n) is 3.07. The molecule has 0 saturated carbocycles. The van der Waals surface area contributed by atoms with Crippen LogP contribution < -0.4 is 0 Å². The van der Waals surface area contributed by atoms with Gasteiger partial charge in [0.15, 0.2) is 5.78 Å².